The first kappa shape index (κ1) is 20.4. The fourth-order valence-electron chi connectivity index (χ4n) is 2.68. The van der Waals surface area contributed by atoms with E-state index in [-0.39, 0.29) is 18.8 Å². The maximum absolute atomic E-state index is 11.5. The van der Waals surface area contributed by atoms with E-state index in [1.807, 2.05) is 0 Å². The average Bonchev–Trinajstić information content (AvgIpc) is 2.51. The van der Waals surface area contributed by atoms with Gasteiger partial charge in [0, 0.05) is 5.92 Å². The smallest absolute Gasteiger partial charge is 0.309 e. The SMILES string of the molecule is CCCCC[C@@H](O)/C=C/[C@H]1OC(=O)C[C@@H](O)[C@H]1C/C=C\CC(=O)O. The van der Waals surface area contributed by atoms with Gasteiger partial charge in [-0.2, -0.15) is 0 Å². The van der Waals surface area contributed by atoms with Gasteiger partial charge in [-0.1, -0.05) is 44.4 Å². The molecule has 6 nitrogen and oxygen atoms in total. The molecule has 24 heavy (non-hydrogen) atoms. The summed E-state index contributed by atoms with van der Waals surface area (Å²) in [5.74, 6) is -1.73. The van der Waals surface area contributed by atoms with Crippen molar-refractivity contribution in [3.8, 4) is 0 Å². The summed E-state index contributed by atoms with van der Waals surface area (Å²) in [4.78, 5) is 22.0. The van der Waals surface area contributed by atoms with Crippen molar-refractivity contribution in [2.45, 2.75) is 70.2 Å². The molecule has 6 heteroatoms. The molecule has 1 aliphatic heterocycles. The molecule has 0 aromatic carbocycles. The number of hydrogen-bond acceptors (Lipinski definition) is 5. The number of esters is 1. The predicted molar refractivity (Wildman–Crippen MR) is 89.3 cm³/mol. The third-order valence-corrected chi connectivity index (χ3v) is 4.05. The van der Waals surface area contributed by atoms with E-state index in [0.29, 0.717) is 12.8 Å². The van der Waals surface area contributed by atoms with E-state index in [1.165, 1.54) is 6.08 Å². The van der Waals surface area contributed by atoms with Crippen LogP contribution in [-0.4, -0.2) is 45.6 Å². The summed E-state index contributed by atoms with van der Waals surface area (Å²) >= 11 is 0. The van der Waals surface area contributed by atoms with Gasteiger partial charge in [-0.25, -0.2) is 0 Å². The van der Waals surface area contributed by atoms with E-state index in [1.54, 1.807) is 18.2 Å². The van der Waals surface area contributed by atoms with Gasteiger partial charge in [0.25, 0.3) is 0 Å². The fraction of sp³-hybridized carbons (Fsp3) is 0.667. The molecule has 1 aliphatic rings. The lowest BCUT2D eigenvalue weighted by Crippen LogP contribution is -2.41. The number of carboxylic acids is 1. The largest absolute Gasteiger partial charge is 0.481 e. The second-order valence-electron chi connectivity index (χ2n) is 6.14. The van der Waals surface area contributed by atoms with Gasteiger partial charge in [0.15, 0.2) is 0 Å². The van der Waals surface area contributed by atoms with Crippen LogP contribution >= 0.6 is 0 Å². The number of ether oxygens (including phenoxy) is 1. The molecule has 0 unspecified atom stereocenters. The van der Waals surface area contributed by atoms with E-state index in [0.717, 1.165) is 19.3 Å². The minimum atomic E-state index is -0.923. The Morgan fingerprint density at radius 1 is 1.38 bits per heavy atom. The molecular weight excluding hydrogens is 312 g/mol. The Labute approximate surface area is 142 Å². The Balaban J connectivity index is 2.62. The molecule has 0 bridgehead atoms. The molecule has 1 saturated heterocycles. The minimum Gasteiger partial charge on any atom is -0.481 e. The molecule has 1 fully saturated rings. The first-order chi connectivity index (χ1) is 11.4. The van der Waals surface area contributed by atoms with Crippen LogP contribution in [0.15, 0.2) is 24.3 Å². The van der Waals surface area contributed by atoms with Gasteiger partial charge in [-0.3, -0.25) is 9.59 Å². The Bertz CT molecular complexity index is 456. The fourth-order valence-corrected chi connectivity index (χ4v) is 2.68. The molecule has 0 amide bonds. The number of aliphatic carboxylic acids is 1. The number of aliphatic hydroxyl groups excluding tert-OH is 2. The zero-order chi connectivity index (χ0) is 17.9. The molecular formula is C18H28O6. The lowest BCUT2D eigenvalue weighted by molar-refractivity contribution is -0.163. The summed E-state index contributed by atoms with van der Waals surface area (Å²) in [6, 6.07) is 0. The average molecular weight is 340 g/mol. The molecule has 3 N–H and O–H groups in total. The molecule has 1 heterocycles. The van der Waals surface area contributed by atoms with Gasteiger partial charge in [0.05, 0.1) is 25.0 Å². The molecule has 0 aliphatic carbocycles. The summed E-state index contributed by atoms with van der Waals surface area (Å²) in [5, 5.41) is 28.7. The topological polar surface area (TPSA) is 104 Å². The quantitative estimate of drug-likeness (QED) is 0.320. The van der Waals surface area contributed by atoms with Crippen LogP contribution in [-0.2, 0) is 14.3 Å². The molecule has 136 valence electrons. The Morgan fingerprint density at radius 3 is 2.79 bits per heavy atom. The second kappa shape index (κ2) is 11.0. The van der Waals surface area contributed by atoms with Gasteiger partial charge >= 0.3 is 11.9 Å². The lowest BCUT2D eigenvalue weighted by Gasteiger charge is -2.32. The first-order valence-corrected chi connectivity index (χ1v) is 8.54. The number of carbonyl (C=O) groups is 2. The van der Waals surface area contributed by atoms with E-state index in [9.17, 15) is 19.8 Å². The number of aliphatic hydroxyl groups is 2. The van der Waals surface area contributed by atoms with Crippen molar-refractivity contribution >= 4 is 11.9 Å². The van der Waals surface area contributed by atoms with Crippen molar-refractivity contribution in [2.24, 2.45) is 5.92 Å². The Morgan fingerprint density at radius 2 is 2.12 bits per heavy atom. The highest BCUT2D eigenvalue weighted by molar-refractivity contribution is 5.71. The molecule has 0 aromatic heterocycles. The van der Waals surface area contributed by atoms with Crippen LogP contribution in [0.25, 0.3) is 0 Å². The molecule has 1 rings (SSSR count). The van der Waals surface area contributed by atoms with Gasteiger partial charge in [-0.05, 0) is 18.9 Å². The van der Waals surface area contributed by atoms with E-state index >= 15 is 0 Å². The summed E-state index contributed by atoms with van der Waals surface area (Å²) in [6.45, 7) is 2.09. The van der Waals surface area contributed by atoms with Crippen molar-refractivity contribution in [2.75, 3.05) is 0 Å². The lowest BCUT2D eigenvalue weighted by atomic mass is 9.87. The highest BCUT2D eigenvalue weighted by atomic mass is 16.5. The third-order valence-electron chi connectivity index (χ3n) is 4.05. The maximum atomic E-state index is 11.5. The van der Waals surface area contributed by atoms with Crippen molar-refractivity contribution in [1.29, 1.82) is 0 Å². The molecule has 0 saturated carbocycles. The number of carbonyl (C=O) groups excluding carboxylic acids is 1. The van der Waals surface area contributed by atoms with Gasteiger partial charge < -0.3 is 20.1 Å². The van der Waals surface area contributed by atoms with Crippen LogP contribution in [0.5, 0.6) is 0 Å². The van der Waals surface area contributed by atoms with E-state index < -0.39 is 30.3 Å². The number of cyclic esters (lactones) is 1. The van der Waals surface area contributed by atoms with Crippen LogP contribution in [0, 0.1) is 5.92 Å². The van der Waals surface area contributed by atoms with E-state index in [2.05, 4.69) is 6.92 Å². The monoisotopic (exact) mass is 340 g/mol. The van der Waals surface area contributed by atoms with Crippen LogP contribution in [0.4, 0.5) is 0 Å². The van der Waals surface area contributed by atoms with Crippen LogP contribution in [0.1, 0.15) is 51.9 Å². The van der Waals surface area contributed by atoms with Crippen molar-refractivity contribution in [3.63, 3.8) is 0 Å². The maximum Gasteiger partial charge on any atom is 0.309 e. The van der Waals surface area contributed by atoms with Gasteiger partial charge in [0.2, 0.25) is 0 Å². The summed E-state index contributed by atoms with van der Waals surface area (Å²) in [6.07, 6.45) is 8.35. The summed E-state index contributed by atoms with van der Waals surface area (Å²) in [5.41, 5.74) is 0. The zero-order valence-electron chi connectivity index (χ0n) is 14.1. The normalized spacial score (nSPS) is 26.0. The van der Waals surface area contributed by atoms with Gasteiger partial charge in [0.1, 0.15) is 6.10 Å². The molecule has 0 radical (unpaired) electrons. The Kier molecular flexibility index (Phi) is 9.34. The predicted octanol–water partition coefficient (Wildman–Crippen LogP) is 2.20. The van der Waals surface area contributed by atoms with Crippen molar-refractivity contribution in [1.82, 2.24) is 0 Å². The number of unbranched alkanes of at least 4 members (excludes halogenated alkanes) is 2. The number of carboxylic acid groups (broad SMARTS) is 1. The van der Waals surface area contributed by atoms with E-state index in [4.69, 9.17) is 9.84 Å². The highest BCUT2D eigenvalue weighted by Gasteiger charge is 2.35. The second-order valence-corrected chi connectivity index (χ2v) is 6.14. The number of rotatable bonds is 10. The molecule has 4 atom stereocenters. The number of allylic oxidation sites excluding steroid dienone is 1. The summed E-state index contributed by atoms with van der Waals surface area (Å²) < 4.78 is 5.28. The van der Waals surface area contributed by atoms with Crippen molar-refractivity contribution < 1.29 is 29.6 Å². The Hall–Kier alpha value is -1.66. The first-order valence-electron chi connectivity index (χ1n) is 8.54. The van der Waals surface area contributed by atoms with Crippen LogP contribution < -0.4 is 0 Å². The van der Waals surface area contributed by atoms with Gasteiger partial charge in [-0.15, -0.1) is 0 Å². The minimum absolute atomic E-state index is 0.0686. The zero-order valence-corrected chi connectivity index (χ0v) is 14.1. The van der Waals surface area contributed by atoms with Crippen LogP contribution in [0.2, 0.25) is 0 Å². The standard InChI is InChI=1S/C18H28O6/c1-2-3-4-7-13(19)10-11-16-14(8-5-6-9-17(21)22)15(20)12-18(23)24-16/h5-6,10-11,13-16,19-20H,2-4,7-9,12H2,1H3,(H,21,22)/b6-5-,11-10+/t13-,14-,15-,16-/m1/s1. The van der Waals surface area contributed by atoms with Crippen LogP contribution in [0.3, 0.4) is 0 Å². The third kappa shape index (κ3) is 7.75. The summed E-state index contributed by atoms with van der Waals surface area (Å²) in [7, 11) is 0. The molecule has 0 aromatic rings. The molecule has 0 spiro atoms. The highest BCUT2D eigenvalue weighted by Crippen LogP contribution is 2.27. The number of hydrogen-bond donors (Lipinski definition) is 3. The van der Waals surface area contributed by atoms with Crippen molar-refractivity contribution in [3.05, 3.63) is 24.3 Å².